The Balaban J connectivity index is 1.19. The van der Waals surface area contributed by atoms with Crippen molar-refractivity contribution in [2.24, 2.45) is 0 Å². The average molecular weight is 504 g/mol. The maximum atomic E-state index is 13.2. The molecule has 1 saturated heterocycles. The first kappa shape index (κ1) is 24.1. The summed E-state index contributed by atoms with van der Waals surface area (Å²) in [5, 5.41) is 18.5. The Hall–Kier alpha value is -3.66. The van der Waals surface area contributed by atoms with Crippen molar-refractivity contribution >= 4 is 28.8 Å². The van der Waals surface area contributed by atoms with Crippen LogP contribution in [-0.2, 0) is 6.54 Å². The van der Waals surface area contributed by atoms with Crippen molar-refractivity contribution in [3.8, 4) is 0 Å². The summed E-state index contributed by atoms with van der Waals surface area (Å²) in [6.07, 6.45) is 1.58. The molecule has 9 nitrogen and oxygen atoms in total. The Morgan fingerprint density at radius 3 is 2.47 bits per heavy atom. The van der Waals surface area contributed by atoms with Gasteiger partial charge in [-0.3, -0.25) is 9.59 Å². The summed E-state index contributed by atoms with van der Waals surface area (Å²) < 4.78 is 1.67. The van der Waals surface area contributed by atoms with Crippen molar-refractivity contribution in [3.63, 3.8) is 0 Å². The van der Waals surface area contributed by atoms with Crippen molar-refractivity contribution in [2.75, 3.05) is 13.1 Å². The van der Waals surface area contributed by atoms with Gasteiger partial charge < -0.3 is 10.2 Å². The highest BCUT2D eigenvalue weighted by Gasteiger charge is 2.29. The van der Waals surface area contributed by atoms with Gasteiger partial charge in [-0.2, -0.15) is 5.10 Å². The largest absolute Gasteiger partial charge is 0.347 e. The van der Waals surface area contributed by atoms with Crippen molar-refractivity contribution in [1.29, 1.82) is 0 Å². The molecule has 3 aromatic heterocycles. The summed E-state index contributed by atoms with van der Waals surface area (Å²) in [5.41, 5.74) is 6.38. The number of benzene rings is 1. The van der Waals surface area contributed by atoms with Crippen LogP contribution in [-0.4, -0.2) is 54.6 Å². The number of carbonyl (C=O) groups is 2. The molecule has 4 heterocycles. The highest BCUT2D eigenvalue weighted by Crippen LogP contribution is 2.31. The predicted octanol–water partition coefficient (Wildman–Crippen LogP) is 3.76. The summed E-state index contributed by atoms with van der Waals surface area (Å²) in [4.78, 5) is 32.3. The summed E-state index contributed by atoms with van der Waals surface area (Å²) in [6.45, 7) is 9.52. The van der Waals surface area contributed by atoms with Gasteiger partial charge in [0.2, 0.25) is 0 Å². The summed E-state index contributed by atoms with van der Waals surface area (Å²) >= 11 is 1.51. The zero-order chi connectivity index (χ0) is 25.4. The number of nitrogens with zero attached hydrogens (tertiary/aromatic N) is 6. The topological polar surface area (TPSA) is 105 Å². The number of aromatic nitrogens is 5. The van der Waals surface area contributed by atoms with E-state index < -0.39 is 0 Å². The van der Waals surface area contributed by atoms with E-state index in [0.717, 1.165) is 29.1 Å². The minimum Gasteiger partial charge on any atom is -0.347 e. The molecule has 0 radical (unpaired) electrons. The van der Waals surface area contributed by atoms with Gasteiger partial charge in [0, 0.05) is 37.0 Å². The third-order valence-electron chi connectivity index (χ3n) is 6.55. The summed E-state index contributed by atoms with van der Waals surface area (Å²) in [6, 6.07) is 8.11. The fraction of sp³-hybridized carbons (Fsp3) is 0.385. The first-order valence-corrected chi connectivity index (χ1v) is 13.0. The first-order chi connectivity index (χ1) is 17.3. The van der Waals surface area contributed by atoms with E-state index in [-0.39, 0.29) is 17.7 Å². The number of hydrogen-bond donors (Lipinski definition) is 1. The van der Waals surface area contributed by atoms with Gasteiger partial charge in [-0.1, -0.05) is 29.3 Å². The van der Waals surface area contributed by atoms with Crippen LogP contribution in [0.15, 0.2) is 29.6 Å². The number of piperidine rings is 1. The van der Waals surface area contributed by atoms with E-state index in [1.165, 1.54) is 22.5 Å². The second kappa shape index (κ2) is 9.77. The van der Waals surface area contributed by atoms with E-state index in [0.29, 0.717) is 42.4 Å². The van der Waals surface area contributed by atoms with E-state index in [9.17, 15) is 9.59 Å². The molecule has 0 bridgehead atoms. The Kier molecular flexibility index (Phi) is 6.53. The lowest BCUT2D eigenvalue weighted by atomic mass is 9.97. The van der Waals surface area contributed by atoms with Crippen molar-refractivity contribution in [1.82, 2.24) is 35.0 Å². The van der Waals surface area contributed by atoms with Crippen LogP contribution < -0.4 is 5.32 Å². The van der Waals surface area contributed by atoms with Gasteiger partial charge >= 0.3 is 0 Å². The van der Waals surface area contributed by atoms with Gasteiger partial charge in [0.1, 0.15) is 5.69 Å². The fourth-order valence-electron chi connectivity index (χ4n) is 4.78. The van der Waals surface area contributed by atoms with Crippen LogP contribution in [0.25, 0.3) is 5.65 Å². The third-order valence-corrected chi connectivity index (χ3v) is 7.56. The van der Waals surface area contributed by atoms with Gasteiger partial charge in [-0.05, 0) is 46.1 Å². The minimum atomic E-state index is -0.164. The lowest BCUT2D eigenvalue weighted by molar-refractivity contribution is 0.0704. The normalized spacial score (nSPS) is 14.4. The molecule has 36 heavy (non-hydrogen) atoms. The highest BCUT2D eigenvalue weighted by molar-refractivity contribution is 7.09. The SMILES string of the molecule is Cc1cc(C)cc(CNC(=O)c2csc(C3CCN(C(=O)c4nnc5cc(C)nn5c4C)CC3)n2)c1. The Bertz CT molecular complexity index is 1430. The molecular formula is C26H29N7O2S. The zero-order valence-corrected chi connectivity index (χ0v) is 21.7. The van der Waals surface area contributed by atoms with Crippen molar-refractivity contribution in [3.05, 3.63) is 74.1 Å². The number of carbonyl (C=O) groups excluding carboxylic acids is 2. The molecule has 0 saturated carbocycles. The molecule has 0 spiro atoms. The number of aryl methyl sites for hydroxylation is 4. The smallest absolute Gasteiger partial charge is 0.276 e. The molecule has 1 aromatic carbocycles. The molecule has 0 atom stereocenters. The number of hydrogen-bond acceptors (Lipinski definition) is 7. The molecule has 5 rings (SSSR count). The third kappa shape index (κ3) is 4.86. The quantitative estimate of drug-likeness (QED) is 0.445. The maximum absolute atomic E-state index is 13.2. The van der Waals surface area contributed by atoms with Crippen LogP contribution in [0.2, 0.25) is 0 Å². The molecule has 2 amide bonds. The van der Waals surface area contributed by atoms with Crippen molar-refractivity contribution in [2.45, 2.75) is 53.0 Å². The second-order valence-corrected chi connectivity index (χ2v) is 10.4. The van der Waals surface area contributed by atoms with Crippen LogP contribution in [0.4, 0.5) is 0 Å². The molecule has 1 aliphatic heterocycles. The molecule has 0 unspecified atom stereocenters. The number of likely N-dealkylation sites (tertiary alicyclic amines) is 1. The first-order valence-electron chi connectivity index (χ1n) is 12.1. The fourth-order valence-corrected chi connectivity index (χ4v) is 5.75. The standard InChI is InChI=1S/C26H29N7O2S/c1-15-9-16(2)11-19(10-15)13-27-24(34)21-14-36-25(28-21)20-5-7-32(8-6-20)26(35)23-18(4)33-22(29-30-23)12-17(3)31-33/h9-12,14,20H,5-8,13H2,1-4H3,(H,27,34). The number of nitrogens with one attached hydrogen (secondary N) is 1. The number of thiazole rings is 1. The van der Waals surface area contributed by atoms with Crippen molar-refractivity contribution < 1.29 is 9.59 Å². The number of rotatable bonds is 5. The lowest BCUT2D eigenvalue weighted by Gasteiger charge is -2.31. The average Bonchev–Trinajstić information content (AvgIpc) is 3.49. The highest BCUT2D eigenvalue weighted by atomic mass is 32.1. The van der Waals surface area contributed by atoms with E-state index in [2.05, 4.69) is 57.6 Å². The maximum Gasteiger partial charge on any atom is 0.276 e. The van der Waals surface area contributed by atoms with Gasteiger partial charge in [-0.25, -0.2) is 9.50 Å². The molecule has 0 aliphatic carbocycles. The summed E-state index contributed by atoms with van der Waals surface area (Å²) in [7, 11) is 0. The number of amides is 2. The van der Waals surface area contributed by atoms with Crippen LogP contribution in [0, 0.1) is 27.7 Å². The van der Waals surface area contributed by atoms with Crippen LogP contribution in [0.1, 0.15) is 72.8 Å². The van der Waals surface area contributed by atoms with Gasteiger partial charge in [-0.15, -0.1) is 21.5 Å². The number of fused-ring (bicyclic) bond motifs is 1. The Morgan fingerprint density at radius 2 is 1.75 bits per heavy atom. The molecule has 10 heteroatoms. The predicted molar refractivity (Wildman–Crippen MR) is 137 cm³/mol. The van der Waals surface area contributed by atoms with E-state index >= 15 is 0 Å². The zero-order valence-electron chi connectivity index (χ0n) is 20.9. The summed E-state index contributed by atoms with van der Waals surface area (Å²) in [5.74, 6) is -0.0647. The van der Waals surface area contributed by atoms with E-state index in [1.807, 2.05) is 30.2 Å². The van der Waals surface area contributed by atoms with E-state index in [1.54, 1.807) is 4.52 Å². The van der Waals surface area contributed by atoms with Gasteiger partial charge in [0.25, 0.3) is 11.8 Å². The van der Waals surface area contributed by atoms with Crippen LogP contribution in [0.5, 0.6) is 0 Å². The lowest BCUT2D eigenvalue weighted by Crippen LogP contribution is -2.39. The molecule has 1 aliphatic rings. The van der Waals surface area contributed by atoms with Gasteiger partial charge in [0.15, 0.2) is 11.3 Å². The van der Waals surface area contributed by atoms with Crippen LogP contribution >= 0.6 is 11.3 Å². The second-order valence-electron chi connectivity index (χ2n) is 9.51. The van der Waals surface area contributed by atoms with Gasteiger partial charge in [0.05, 0.1) is 16.4 Å². The Morgan fingerprint density at radius 1 is 1.03 bits per heavy atom. The molecule has 186 valence electrons. The molecule has 1 fully saturated rings. The molecule has 1 N–H and O–H groups in total. The Labute approximate surface area is 213 Å². The molecular weight excluding hydrogens is 474 g/mol. The van der Waals surface area contributed by atoms with E-state index in [4.69, 9.17) is 0 Å². The molecule has 4 aromatic rings. The minimum absolute atomic E-state index is 0.126. The van der Waals surface area contributed by atoms with Crippen LogP contribution in [0.3, 0.4) is 0 Å². The monoisotopic (exact) mass is 503 g/mol.